The molecule has 1 aliphatic carbocycles. The van der Waals surface area contributed by atoms with E-state index in [1.54, 1.807) is 35.4 Å². The monoisotopic (exact) mass is 427 g/mol. The molecule has 1 atom stereocenters. The van der Waals surface area contributed by atoms with Gasteiger partial charge in [0.05, 0.1) is 18.1 Å². The summed E-state index contributed by atoms with van der Waals surface area (Å²) < 4.78 is 19.7. The fourth-order valence-electron chi connectivity index (χ4n) is 3.71. The second kappa shape index (κ2) is 7.64. The van der Waals surface area contributed by atoms with Crippen LogP contribution < -0.4 is 14.2 Å². The van der Waals surface area contributed by atoms with E-state index in [0.29, 0.717) is 35.7 Å². The average Bonchev–Trinajstić information content (AvgIpc) is 3.59. The lowest BCUT2D eigenvalue weighted by atomic mass is 10.1. The Labute approximate surface area is 184 Å². The first-order valence-corrected chi connectivity index (χ1v) is 10.6. The van der Waals surface area contributed by atoms with Gasteiger partial charge in [-0.05, 0) is 25.0 Å². The molecule has 0 saturated heterocycles. The van der Waals surface area contributed by atoms with Crippen molar-refractivity contribution in [3.05, 3.63) is 72.6 Å². The van der Waals surface area contributed by atoms with Crippen LogP contribution in [-0.4, -0.2) is 31.3 Å². The molecule has 6 rings (SSSR count). The Bertz CT molecular complexity index is 1270. The van der Waals surface area contributed by atoms with Gasteiger partial charge in [0.2, 0.25) is 0 Å². The van der Waals surface area contributed by atoms with Crippen molar-refractivity contribution in [2.45, 2.75) is 24.9 Å². The first kappa shape index (κ1) is 18.8. The van der Waals surface area contributed by atoms with Crippen molar-refractivity contribution in [2.75, 3.05) is 6.61 Å². The Morgan fingerprint density at radius 1 is 1.00 bits per heavy atom. The minimum absolute atomic E-state index is 0.232. The topological polar surface area (TPSA) is 84.2 Å². The van der Waals surface area contributed by atoms with Crippen LogP contribution in [0.3, 0.4) is 0 Å². The molecule has 0 amide bonds. The maximum absolute atomic E-state index is 6.07. The van der Waals surface area contributed by atoms with E-state index in [1.165, 1.54) is 12.8 Å². The third-order valence-electron chi connectivity index (χ3n) is 5.58. The predicted octanol–water partition coefficient (Wildman–Crippen LogP) is 4.45. The maximum atomic E-state index is 6.07. The van der Waals surface area contributed by atoms with E-state index in [2.05, 4.69) is 32.2 Å². The van der Waals surface area contributed by atoms with Crippen LogP contribution >= 0.6 is 0 Å². The molecule has 2 aliphatic rings. The van der Waals surface area contributed by atoms with Crippen molar-refractivity contribution in [3.8, 4) is 34.4 Å². The van der Waals surface area contributed by atoms with E-state index in [-0.39, 0.29) is 6.10 Å². The molecule has 0 spiro atoms. The van der Waals surface area contributed by atoms with Crippen molar-refractivity contribution in [3.63, 3.8) is 0 Å². The predicted molar refractivity (Wildman–Crippen MR) is 116 cm³/mol. The first-order chi connectivity index (χ1) is 15.7. The Morgan fingerprint density at radius 2 is 1.94 bits per heavy atom. The number of rotatable bonds is 5. The smallest absolute Gasteiger partial charge is 0.258 e. The Kier molecular flexibility index (Phi) is 4.49. The SMILES string of the molecule is Cn1cc(-c2cc(Oc3cnc4c(c3)OC[C@@H](c3ccc(C5CC5)nc3)O4)ccn2)cn1. The van der Waals surface area contributed by atoms with Crippen molar-refractivity contribution in [1.82, 2.24) is 24.7 Å². The van der Waals surface area contributed by atoms with E-state index in [1.807, 2.05) is 25.5 Å². The van der Waals surface area contributed by atoms with Crippen LogP contribution in [0.25, 0.3) is 11.3 Å². The second-order valence-electron chi connectivity index (χ2n) is 8.06. The number of aryl methyl sites for hydroxylation is 1. The molecule has 1 aliphatic heterocycles. The molecule has 32 heavy (non-hydrogen) atoms. The summed E-state index contributed by atoms with van der Waals surface area (Å²) in [5.41, 5.74) is 3.85. The van der Waals surface area contributed by atoms with Gasteiger partial charge in [-0.1, -0.05) is 6.07 Å². The van der Waals surface area contributed by atoms with Gasteiger partial charge >= 0.3 is 0 Å². The molecule has 4 aromatic rings. The molecule has 8 heteroatoms. The Balaban J connectivity index is 1.17. The molecule has 0 bridgehead atoms. The number of ether oxygens (including phenoxy) is 3. The number of pyridine rings is 3. The minimum Gasteiger partial charge on any atom is -0.484 e. The highest BCUT2D eigenvalue weighted by molar-refractivity contribution is 5.59. The first-order valence-electron chi connectivity index (χ1n) is 10.6. The Morgan fingerprint density at radius 3 is 2.72 bits per heavy atom. The van der Waals surface area contributed by atoms with Gasteiger partial charge in [-0.2, -0.15) is 5.10 Å². The minimum atomic E-state index is -0.232. The standard InChI is InChI=1S/C24H21N5O3/c1-29-13-17(11-28-29)21-8-18(6-7-25-21)31-19-9-22-24(27-12-19)32-23(14-30-22)16-4-5-20(26-10-16)15-2-3-15/h4-13,15,23H,2-3,14H2,1H3/t23-/m0/s1. The molecular weight excluding hydrogens is 406 g/mol. The molecule has 0 N–H and O–H groups in total. The summed E-state index contributed by atoms with van der Waals surface area (Å²) in [5.74, 6) is 2.85. The highest BCUT2D eigenvalue weighted by Gasteiger charge is 2.27. The van der Waals surface area contributed by atoms with E-state index in [4.69, 9.17) is 14.2 Å². The molecule has 0 aromatic carbocycles. The summed E-state index contributed by atoms with van der Waals surface area (Å²) in [6, 6.07) is 9.61. The second-order valence-corrected chi connectivity index (χ2v) is 8.06. The highest BCUT2D eigenvalue weighted by Crippen LogP contribution is 2.40. The van der Waals surface area contributed by atoms with Crippen LogP contribution in [-0.2, 0) is 7.05 Å². The fourth-order valence-corrected chi connectivity index (χ4v) is 3.71. The molecule has 1 saturated carbocycles. The third-order valence-corrected chi connectivity index (χ3v) is 5.58. The summed E-state index contributed by atoms with van der Waals surface area (Å²) in [4.78, 5) is 13.4. The molecular formula is C24H21N5O3. The van der Waals surface area contributed by atoms with E-state index < -0.39 is 0 Å². The third kappa shape index (κ3) is 3.75. The zero-order chi connectivity index (χ0) is 21.5. The van der Waals surface area contributed by atoms with Gasteiger partial charge in [-0.15, -0.1) is 0 Å². The zero-order valence-corrected chi connectivity index (χ0v) is 17.5. The van der Waals surface area contributed by atoms with E-state index in [0.717, 1.165) is 22.5 Å². The number of aromatic nitrogens is 5. The van der Waals surface area contributed by atoms with Gasteiger partial charge in [0.25, 0.3) is 5.88 Å². The molecule has 0 radical (unpaired) electrons. The summed E-state index contributed by atoms with van der Waals surface area (Å²) in [6.07, 6.45) is 11.1. The number of nitrogens with zero attached hydrogens (tertiary/aromatic N) is 5. The average molecular weight is 427 g/mol. The summed E-state index contributed by atoms with van der Waals surface area (Å²) in [5, 5.41) is 4.19. The van der Waals surface area contributed by atoms with Crippen LogP contribution in [0.1, 0.15) is 36.1 Å². The number of hydrogen-bond donors (Lipinski definition) is 0. The summed E-state index contributed by atoms with van der Waals surface area (Å²) in [6.45, 7) is 0.392. The molecule has 8 nitrogen and oxygen atoms in total. The van der Waals surface area contributed by atoms with Crippen LogP contribution in [0.5, 0.6) is 23.1 Å². The van der Waals surface area contributed by atoms with Gasteiger partial charge < -0.3 is 14.2 Å². The molecule has 0 unspecified atom stereocenters. The molecule has 1 fully saturated rings. The lowest BCUT2D eigenvalue weighted by Gasteiger charge is -2.26. The van der Waals surface area contributed by atoms with Crippen molar-refractivity contribution in [2.24, 2.45) is 7.05 Å². The van der Waals surface area contributed by atoms with Gasteiger partial charge in [0, 0.05) is 60.5 Å². The van der Waals surface area contributed by atoms with Gasteiger partial charge in [-0.3, -0.25) is 14.6 Å². The largest absolute Gasteiger partial charge is 0.484 e. The van der Waals surface area contributed by atoms with E-state index >= 15 is 0 Å². The van der Waals surface area contributed by atoms with Gasteiger partial charge in [-0.25, -0.2) is 4.98 Å². The van der Waals surface area contributed by atoms with Crippen LogP contribution in [0.4, 0.5) is 0 Å². The van der Waals surface area contributed by atoms with Crippen molar-refractivity contribution < 1.29 is 14.2 Å². The van der Waals surface area contributed by atoms with Crippen molar-refractivity contribution in [1.29, 1.82) is 0 Å². The summed E-state index contributed by atoms with van der Waals surface area (Å²) >= 11 is 0. The molecule has 4 aromatic heterocycles. The van der Waals surface area contributed by atoms with Crippen LogP contribution in [0.2, 0.25) is 0 Å². The lowest BCUT2D eigenvalue weighted by Crippen LogP contribution is -2.22. The Hall–Kier alpha value is -3.94. The molecule has 5 heterocycles. The highest BCUT2D eigenvalue weighted by atomic mass is 16.6. The van der Waals surface area contributed by atoms with E-state index in [9.17, 15) is 0 Å². The van der Waals surface area contributed by atoms with Crippen LogP contribution in [0, 0.1) is 0 Å². The number of hydrogen-bond acceptors (Lipinski definition) is 7. The molecule has 160 valence electrons. The van der Waals surface area contributed by atoms with Crippen LogP contribution in [0.15, 0.2) is 61.3 Å². The number of fused-ring (bicyclic) bond motifs is 1. The maximum Gasteiger partial charge on any atom is 0.258 e. The van der Waals surface area contributed by atoms with Gasteiger partial charge in [0.15, 0.2) is 11.9 Å². The zero-order valence-electron chi connectivity index (χ0n) is 17.5. The van der Waals surface area contributed by atoms with Crippen molar-refractivity contribution >= 4 is 0 Å². The summed E-state index contributed by atoms with van der Waals surface area (Å²) in [7, 11) is 1.87. The quantitative estimate of drug-likeness (QED) is 0.465. The fraction of sp³-hybridized carbons (Fsp3) is 0.250. The normalized spacial score (nSPS) is 17.2. The van der Waals surface area contributed by atoms with Gasteiger partial charge in [0.1, 0.15) is 18.1 Å². The lowest BCUT2D eigenvalue weighted by molar-refractivity contribution is 0.0844.